The molecule has 0 spiro atoms. The summed E-state index contributed by atoms with van der Waals surface area (Å²) < 4.78 is 13.3. The quantitative estimate of drug-likeness (QED) is 0.681. The summed E-state index contributed by atoms with van der Waals surface area (Å²) in [5.41, 5.74) is 5.29. The molecule has 6 nitrogen and oxygen atoms in total. The van der Waals surface area contributed by atoms with Crippen molar-refractivity contribution in [3.8, 4) is 0 Å². The molecule has 1 aliphatic rings. The van der Waals surface area contributed by atoms with Crippen molar-refractivity contribution in [3.05, 3.63) is 39.7 Å². The highest BCUT2D eigenvalue weighted by Gasteiger charge is 2.30. The van der Waals surface area contributed by atoms with Crippen molar-refractivity contribution in [3.63, 3.8) is 0 Å². The molecule has 21 heavy (non-hydrogen) atoms. The van der Waals surface area contributed by atoms with Gasteiger partial charge in [0.25, 0.3) is 11.6 Å². The monoisotopic (exact) mass is 295 g/mol. The van der Waals surface area contributed by atoms with Crippen LogP contribution in [0, 0.1) is 21.8 Å². The topological polar surface area (TPSA) is 89.5 Å². The Morgan fingerprint density at radius 2 is 2.29 bits per heavy atom. The first-order valence-electron chi connectivity index (χ1n) is 6.89. The lowest BCUT2D eigenvalue weighted by Crippen LogP contribution is -2.45. The molecule has 114 valence electrons. The zero-order valence-electron chi connectivity index (χ0n) is 11.8. The molecule has 7 heteroatoms. The zero-order chi connectivity index (χ0) is 15.6. The van der Waals surface area contributed by atoms with Gasteiger partial charge in [-0.1, -0.05) is 0 Å². The number of nitrogens with zero attached hydrogens (tertiary/aromatic N) is 2. The second-order valence-corrected chi connectivity index (χ2v) is 5.43. The van der Waals surface area contributed by atoms with Crippen LogP contribution in [0.4, 0.5) is 10.1 Å². The van der Waals surface area contributed by atoms with Crippen LogP contribution in [0.2, 0.25) is 0 Å². The Labute approximate surface area is 121 Å². The number of nitro groups is 1. The number of amides is 1. The van der Waals surface area contributed by atoms with Crippen molar-refractivity contribution < 1.29 is 14.1 Å². The Balaban J connectivity index is 2.27. The van der Waals surface area contributed by atoms with Crippen LogP contribution in [0.5, 0.6) is 0 Å². The van der Waals surface area contributed by atoms with E-state index >= 15 is 0 Å². The first kappa shape index (κ1) is 15.4. The Bertz CT molecular complexity index is 562. The maximum atomic E-state index is 13.3. The van der Waals surface area contributed by atoms with Crippen LogP contribution in [-0.2, 0) is 0 Å². The molecule has 1 fully saturated rings. The third-order valence-electron chi connectivity index (χ3n) is 3.87. The van der Waals surface area contributed by atoms with Crippen LogP contribution >= 0.6 is 0 Å². The molecule has 2 unspecified atom stereocenters. The largest absolute Gasteiger partial charge is 0.338 e. The number of nitro benzene ring substituents is 1. The summed E-state index contributed by atoms with van der Waals surface area (Å²) in [6, 6.07) is 2.88. The number of hydrogen-bond donors (Lipinski definition) is 1. The highest BCUT2D eigenvalue weighted by atomic mass is 19.1. The first-order valence-corrected chi connectivity index (χ1v) is 6.89. The predicted molar refractivity (Wildman–Crippen MR) is 75.3 cm³/mol. The van der Waals surface area contributed by atoms with Crippen molar-refractivity contribution >= 4 is 11.6 Å². The summed E-state index contributed by atoms with van der Waals surface area (Å²) in [6.45, 7) is 2.84. The normalized spacial score (nSPS) is 20.1. The number of hydrogen-bond acceptors (Lipinski definition) is 4. The molecular weight excluding hydrogens is 277 g/mol. The van der Waals surface area contributed by atoms with Gasteiger partial charge in [0.2, 0.25) is 0 Å². The third kappa shape index (κ3) is 3.36. The Morgan fingerprint density at radius 3 is 2.90 bits per heavy atom. The minimum absolute atomic E-state index is 0.0527. The lowest BCUT2D eigenvalue weighted by molar-refractivity contribution is -0.385. The molecule has 2 rings (SSSR count). The summed E-state index contributed by atoms with van der Waals surface area (Å²) in [5, 5.41) is 11.0. The number of carbonyl (C=O) groups excluding carboxylic acids is 1. The highest BCUT2D eigenvalue weighted by molar-refractivity contribution is 5.98. The number of rotatable bonds is 3. The number of nitrogens with two attached hydrogens (primary N) is 1. The van der Waals surface area contributed by atoms with E-state index < -0.39 is 16.6 Å². The average molecular weight is 295 g/mol. The molecule has 0 aromatic heterocycles. The van der Waals surface area contributed by atoms with Crippen molar-refractivity contribution in [2.24, 2.45) is 11.7 Å². The standard InChI is InChI=1S/C14H18FN3O3/c1-9(16)10-3-2-6-17(8-10)14(19)12-7-11(15)4-5-13(12)18(20)21/h4-5,7,9-10H,2-3,6,8,16H2,1H3. The predicted octanol–water partition coefficient (Wildman–Crippen LogP) is 1.93. The van der Waals surface area contributed by atoms with E-state index in [0.717, 1.165) is 31.0 Å². The van der Waals surface area contributed by atoms with Gasteiger partial charge in [-0.2, -0.15) is 0 Å². The Hall–Kier alpha value is -2.02. The highest BCUT2D eigenvalue weighted by Crippen LogP contribution is 2.25. The summed E-state index contributed by atoms with van der Waals surface area (Å²) >= 11 is 0. The van der Waals surface area contributed by atoms with Crippen molar-refractivity contribution in [2.75, 3.05) is 13.1 Å². The molecule has 2 N–H and O–H groups in total. The van der Waals surface area contributed by atoms with Gasteiger partial charge in [0.05, 0.1) is 4.92 Å². The van der Waals surface area contributed by atoms with Gasteiger partial charge in [-0.05, 0) is 37.8 Å². The minimum atomic E-state index is -0.667. The third-order valence-corrected chi connectivity index (χ3v) is 3.87. The summed E-state index contributed by atoms with van der Waals surface area (Å²) in [4.78, 5) is 24.3. The van der Waals surface area contributed by atoms with Crippen LogP contribution in [0.25, 0.3) is 0 Å². The van der Waals surface area contributed by atoms with Gasteiger partial charge < -0.3 is 10.6 Å². The molecular formula is C14H18FN3O3. The Morgan fingerprint density at radius 1 is 1.57 bits per heavy atom. The molecule has 0 aliphatic carbocycles. The molecule has 2 atom stereocenters. The average Bonchev–Trinajstić information content (AvgIpc) is 2.46. The van der Waals surface area contributed by atoms with E-state index in [0.29, 0.717) is 13.1 Å². The van der Waals surface area contributed by atoms with Gasteiger partial charge in [0, 0.05) is 25.2 Å². The number of halogens is 1. The van der Waals surface area contributed by atoms with Crippen LogP contribution < -0.4 is 5.73 Å². The van der Waals surface area contributed by atoms with E-state index in [1.807, 2.05) is 6.92 Å². The molecule has 1 amide bonds. The molecule has 1 aliphatic heterocycles. The summed E-state index contributed by atoms with van der Waals surface area (Å²) in [6.07, 6.45) is 1.72. The van der Waals surface area contributed by atoms with E-state index in [4.69, 9.17) is 5.73 Å². The van der Waals surface area contributed by atoms with Gasteiger partial charge in [-0.3, -0.25) is 14.9 Å². The fourth-order valence-electron chi connectivity index (χ4n) is 2.63. The van der Waals surface area contributed by atoms with E-state index in [9.17, 15) is 19.3 Å². The molecule has 1 aromatic rings. The SMILES string of the molecule is CC(N)C1CCCN(C(=O)c2cc(F)ccc2[N+](=O)[O-])C1. The van der Waals surface area contributed by atoms with Gasteiger partial charge in [-0.15, -0.1) is 0 Å². The first-order chi connectivity index (χ1) is 9.90. The fourth-order valence-corrected chi connectivity index (χ4v) is 2.63. The van der Waals surface area contributed by atoms with Crippen LogP contribution in [-0.4, -0.2) is 34.9 Å². The van der Waals surface area contributed by atoms with Crippen LogP contribution in [0.3, 0.4) is 0 Å². The molecule has 0 radical (unpaired) electrons. The lowest BCUT2D eigenvalue weighted by Gasteiger charge is -2.34. The maximum absolute atomic E-state index is 13.3. The second-order valence-electron chi connectivity index (χ2n) is 5.43. The summed E-state index contributed by atoms with van der Waals surface area (Å²) in [7, 11) is 0. The van der Waals surface area contributed by atoms with E-state index in [1.54, 1.807) is 0 Å². The number of likely N-dealkylation sites (tertiary alicyclic amines) is 1. The maximum Gasteiger partial charge on any atom is 0.282 e. The lowest BCUT2D eigenvalue weighted by atomic mass is 9.92. The van der Waals surface area contributed by atoms with Crippen molar-refractivity contribution in [1.82, 2.24) is 4.90 Å². The molecule has 0 bridgehead atoms. The fraction of sp³-hybridized carbons (Fsp3) is 0.500. The second kappa shape index (κ2) is 6.17. The Kier molecular flexibility index (Phi) is 4.52. The van der Waals surface area contributed by atoms with E-state index in [2.05, 4.69) is 0 Å². The number of benzene rings is 1. The molecule has 1 heterocycles. The zero-order valence-corrected chi connectivity index (χ0v) is 11.8. The van der Waals surface area contributed by atoms with Gasteiger partial charge in [-0.25, -0.2) is 4.39 Å². The van der Waals surface area contributed by atoms with Gasteiger partial charge in [0.1, 0.15) is 11.4 Å². The van der Waals surface area contributed by atoms with Crippen molar-refractivity contribution in [1.29, 1.82) is 0 Å². The van der Waals surface area contributed by atoms with Crippen molar-refractivity contribution in [2.45, 2.75) is 25.8 Å². The molecule has 1 saturated heterocycles. The number of piperidine rings is 1. The van der Waals surface area contributed by atoms with Gasteiger partial charge >= 0.3 is 0 Å². The smallest absolute Gasteiger partial charge is 0.282 e. The molecule has 0 saturated carbocycles. The minimum Gasteiger partial charge on any atom is -0.338 e. The van der Waals surface area contributed by atoms with E-state index in [1.165, 1.54) is 4.90 Å². The van der Waals surface area contributed by atoms with Crippen LogP contribution in [0.15, 0.2) is 18.2 Å². The van der Waals surface area contributed by atoms with Gasteiger partial charge in [0.15, 0.2) is 0 Å². The van der Waals surface area contributed by atoms with Crippen LogP contribution in [0.1, 0.15) is 30.1 Å². The molecule has 1 aromatic carbocycles. The summed E-state index contributed by atoms with van der Waals surface area (Å²) in [5.74, 6) is -1.01. The number of carbonyl (C=O) groups is 1. The van der Waals surface area contributed by atoms with E-state index in [-0.39, 0.29) is 23.2 Å².